The third-order valence-electron chi connectivity index (χ3n) is 4.62. The van der Waals surface area contributed by atoms with E-state index < -0.39 is 0 Å². The van der Waals surface area contributed by atoms with Crippen LogP contribution in [0.15, 0.2) is 52.7 Å². The van der Waals surface area contributed by atoms with Crippen LogP contribution >= 0.6 is 23.4 Å². The van der Waals surface area contributed by atoms with Crippen LogP contribution in [-0.4, -0.2) is 46.4 Å². The van der Waals surface area contributed by atoms with Gasteiger partial charge in [-0.25, -0.2) is 5.43 Å². The lowest BCUT2D eigenvalue weighted by Crippen LogP contribution is -2.21. The van der Waals surface area contributed by atoms with E-state index in [0.717, 1.165) is 17.0 Å². The minimum absolute atomic E-state index is 0.154. The first kappa shape index (κ1) is 23.6. The van der Waals surface area contributed by atoms with Crippen LogP contribution in [0, 0.1) is 0 Å². The highest BCUT2D eigenvalue weighted by atomic mass is 35.5. The lowest BCUT2D eigenvalue weighted by atomic mass is 10.1. The smallest absolute Gasteiger partial charge is 0.250 e. The molecule has 0 saturated heterocycles. The fourth-order valence-electron chi connectivity index (χ4n) is 2.93. The van der Waals surface area contributed by atoms with Gasteiger partial charge in [-0.05, 0) is 56.3 Å². The summed E-state index contributed by atoms with van der Waals surface area (Å²) in [5.74, 6) is 1.86. The predicted octanol–water partition coefficient (Wildman–Crippen LogP) is 4.27. The van der Waals surface area contributed by atoms with E-state index in [1.54, 1.807) is 33.3 Å². The molecule has 168 valence electrons. The maximum atomic E-state index is 12.3. The molecule has 3 rings (SSSR count). The van der Waals surface area contributed by atoms with Crippen LogP contribution in [-0.2, 0) is 11.3 Å². The molecule has 0 bridgehead atoms. The first-order valence-corrected chi connectivity index (χ1v) is 11.2. The van der Waals surface area contributed by atoms with Crippen molar-refractivity contribution in [1.82, 2.24) is 20.2 Å². The van der Waals surface area contributed by atoms with Crippen LogP contribution < -0.4 is 14.9 Å². The molecule has 0 atom stereocenters. The molecule has 10 heteroatoms. The van der Waals surface area contributed by atoms with Crippen molar-refractivity contribution in [2.24, 2.45) is 5.10 Å². The average Bonchev–Trinajstić information content (AvgIpc) is 3.24. The van der Waals surface area contributed by atoms with Gasteiger partial charge >= 0.3 is 0 Å². The maximum Gasteiger partial charge on any atom is 0.250 e. The molecule has 2 aromatic carbocycles. The number of hydrogen-bond acceptors (Lipinski definition) is 7. The number of hydrogen-bond donors (Lipinski definition) is 1. The molecular formula is C22H24ClN5O3S. The molecule has 1 heterocycles. The van der Waals surface area contributed by atoms with E-state index in [4.69, 9.17) is 21.1 Å². The molecule has 0 aliphatic carbocycles. The van der Waals surface area contributed by atoms with Crippen LogP contribution in [0.5, 0.6) is 11.5 Å². The van der Waals surface area contributed by atoms with Gasteiger partial charge in [0.05, 0.1) is 25.7 Å². The van der Waals surface area contributed by atoms with Crippen molar-refractivity contribution < 1.29 is 14.3 Å². The van der Waals surface area contributed by atoms with Crippen molar-refractivity contribution in [3.05, 3.63) is 53.1 Å². The molecule has 32 heavy (non-hydrogen) atoms. The largest absolute Gasteiger partial charge is 0.493 e. The number of amides is 1. The molecule has 0 unspecified atom stereocenters. The molecule has 0 aliphatic rings. The van der Waals surface area contributed by atoms with Crippen molar-refractivity contribution >= 4 is 35.0 Å². The summed E-state index contributed by atoms with van der Waals surface area (Å²) < 4.78 is 12.5. The Bertz CT molecular complexity index is 1120. The number of methoxy groups -OCH3 is 2. The summed E-state index contributed by atoms with van der Waals surface area (Å²) in [7, 11) is 3.15. The van der Waals surface area contributed by atoms with Crippen molar-refractivity contribution in [1.29, 1.82) is 0 Å². The summed E-state index contributed by atoms with van der Waals surface area (Å²) >= 11 is 7.27. The first-order chi connectivity index (χ1) is 15.5. The van der Waals surface area contributed by atoms with Gasteiger partial charge in [-0.2, -0.15) is 5.10 Å². The first-order valence-electron chi connectivity index (χ1n) is 9.84. The molecule has 0 spiro atoms. The number of benzene rings is 2. The second-order valence-corrected chi connectivity index (χ2v) is 8.03. The topological polar surface area (TPSA) is 90.6 Å². The van der Waals surface area contributed by atoms with Crippen LogP contribution in [0.25, 0.3) is 11.4 Å². The fraction of sp³-hybridized carbons (Fsp3) is 0.273. The number of hydrazone groups is 1. The summed E-state index contributed by atoms with van der Waals surface area (Å²) in [6.45, 7) is 4.48. The highest BCUT2D eigenvalue weighted by molar-refractivity contribution is 7.99. The third-order valence-corrected chi connectivity index (χ3v) is 5.84. The van der Waals surface area contributed by atoms with Crippen LogP contribution in [0.2, 0.25) is 5.02 Å². The second kappa shape index (κ2) is 11.0. The molecule has 8 nitrogen and oxygen atoms in total. The van der Waals surface area contributed by atoms with E-state index in [1.165, 1.54) is 11.8 Å². The molecule has 1 aromatic heterocycles. The average molecular weight is 474 g/mol. The Kier molecular flexibility index (Phi) is 8.13. The van der Waals surface area contributed by atoms with E-state index in [9.17, 15) is 4.79 Å². The van der Waals surface area contributed by atoms with Gasteiger partial charge < -0.3 is 14.0 Å². The summed E-state index contributed by atoms with van der Waals surface area (Å²) in [5, 5.41) is 14.0. The van der Waals surface area contributed by atoms with Crippen LogP contribution in [0.3, 0.4) is 0 Å². The Labute approximate surface area is 196 Å². The van der Waals surface area contributed by atoms with Crippen molar-refractivity contribution in [2.45, 2.75) is 25.5 Å². The summed E-state index contributed by atoms with van der Waals surface area (Å²) in [6.07, 6.45) is 0. The number of rotatable bonds is 9. The molecule has 0 radical (unpaired) electrons. The second-order valence-electron chi connectivity index (χ2n) is 6.65. The molecule has 0 aliphatic heterocycles. The zero-order chi connectivity index (χ0) is 23.1. The Morgan fingerprint density at radius 2 is 1.84 bits per heavy atom. The number of ether oxygens (including phenoxy) is 2. The lowest BCUT2D eigenvalue weighted by Gasteiger charge is -2.09. The molecule has 1 N–H and O–H groups in total. The van der Waals surface area contributed by atoms with Gasteiger partial charge in [-0.3, -0.25) is 4.79 Å². The minimum atomic E-state index is -0.242. The number of thioether (sulfide) groups is 1. The summed E-state index contributed by atoms with van der Waals surface area (Å²) in [6, 6.07) is 12.9. The summed E-state index contributed by atoms with van der Waals surface area (Å²) in [5.41, 5.74) is 4.95. The van der Waals surface area contributed by atoms with Gasteiger partial charge in [-0.1, -0.05) is 23.4 Å². The standard InChI is InChI=1S/C22H24ClN5O3S/c1-5-28-21(15-6-9-17(23)10-7-15)26-27-22(28)32-13-20(29)25-24-14(2)16-8-11-18(30-3)19(12-16)31-4/h6-12H,5,13H2,1-4H3,(H,25,29)/b24-14-. The normalized spacial score (nSPS) is 11.3. The molecule has 0 fully saturated rings. The minimum Gasteiger partial charge on any atom is -0.493 e. The van der Waals surface area contributed by atoms with E-state index in [2.05, 4.69) is 20.7 Å². The highest BCUT2D eigenvalue weighted by Gasteiger charge is 2.15. The predicted molar refractivity (Wildman–Crippen MR) is 127 cm³/mol. The molecule has 3 aromatic rings. The zero-order valence-corrected chi connectivity index (χ0v) is 19.8. The van der Waals surface area contributed by atoms with E-state index >= 15 is 0 Å². The van der Waals surface area contributed by atoms with E-state index in [1.807, 2.05) is 41.8 Å². The van der Waals surface area contributed by atoms with Crippen molar-refractivity contribution in [2.75, 3.05) is 20.0 Å². The number of nitrogens with one attached hydrogen (secondary N) is 1. The zero-order valence-electron chi connectivity index (χ0n) is 18.3. The highest BCUT2D eigenvalue weighted by Crippen LogP contribution is 2.28. The van der Waals surface area contributed by atoms with Gasteiger partial charge in [0.1, 0.15) is 0 Å². The maximum absolute atomic E-state index is 12.3. The van der Waals surface area contributed by atoms with Gasteiger partial charge in [0.15, 0.2) is 22.5 Å². The number of carbonyl (C=O) groups excluding carboxylic acids is 1. The molecule has 1 amide bonds. The van der Waals surface area contributed by atoms with Crippen molar-refractivity contribution in [3.8, 4) is 22.9 Å². The fourth-order valence-corrected chi connectivity index (χ4v) is 3.85. The number of nitrogens with zero attached hydrogens (tertiary/aromatic N) is 4. The lowest BCUT2D eigenvalue weighted by molar-refractivity contribution is -0.118. The Morgan fingerprint density at radius 1 is 1.12 bits per heavy atom. The van der Waals surface area contributed by atoms with Gasteiger partial charge in [0.25, 0.3) is 5.91 Å². The quantitative estimate of drug-likeness (QED) is 0.283. The van der Waals surface area contributed by atoms with Crippen LogP contribution in [0.4, 0.5) is 0 Å². The third kappa shape index (κ3) is 5.60. The Morgan fingerprint density at radius 3 is 2.50 bits per heavy atom. The van der Waals surface area contributed by atoms with Crippen molar-refractivity contribution in [3.63, 3.8) is 0 Å². The molecule has 0 saturated carbocycles. The SMILES string of the molecule is CCn1c(SCC(=O)N/N=C(/C)c2ccc(OC)c(OC)c2)nnc1-c1ccc(Cl)cc1. The van der Waals surface area contributed by atoms with Gasteiger partial charge in [0, 0.05) is 22.7 Å². The number of aromatic nitrogens is 3. The van der Waals surface area contributed by atoms with E-state index in [-0.39, 0.29) is 11.7 Å². The number of halogens is 1. The Hall–Kier alpha value is -3.04. The van der Waals surface area contributed by atoms with Gasteiger partial charge in [-0.15, -0.1) is 10.2 Å². The van der Waals surface area contributed by atoms with Gasteiger partial charge in [0.2, 0.25) is 0 Å². The number of carbonyl (C=O) groups is 1. The summed E-state index contributed by atoms with van der Waals surface area (Å²) in [4.78, 5) is 12.3. The molecular weight excluding hydrogens is 450 g/mol. The Balaban J connectivity index is 1.63. The van der Waals surface area contributed by atoms with Crippen LogP contribution in [0.1, 0.15) is 19.4 Å². The monoisotopic (exact) mass is 473 g/mol. The van der Waals surface area contributed by atoms with E-state index in [0.29, 0.717) is 33.9 Å².